The third kappa shape index (κ3) is 4.50. The molecule has 124 valence electrons. The molecule has 0 bridgehead atoms. The van der Waals surface area contributed by atoms with Gasteiger partial charge in [-0.05, 0) is 48.4 Å². The minimum Gasteiger partial charge on any atom is -0.493 e. The van der Waals surface area contributed by atoms with Crippen LogP contribution in [0.4, 0.5) is 5.69 Å². The summed E-state index contributed by atoms with van der Waals surface area (Å²) in [6.07, 6.45) is 0. The van der Waals surface area contributed by atoms with Gasteiger partial charge in [-0.25, -0.2) is 0 Å². The molecule has 1 N–H and O–H groups in total. The van der Waals surface area contributed by atoms with Crippen molar-refractivity contribution in [2.75, 3.05) is 19.0 Å². The lowest BCUT2D eigenvalue weighted by Crippen LogP contribution is -2.12. The van der Waals surface area contributed by atoms with Crippen LogP contribution in [0.1, 0.15) is 29.8 Å². The molecule has 0 heterocycles. The second kappa shape index (κ2) is 8.02. The number of amides is 1. The van der Waals surface area contributed by atoms with Crippen molar-refractivity contribution in [3.8, 4) is 17.6 Å². The minimum absolute atomic E-state index is 0.256. The van der Waals surface area contributed by atoms with Gasteiger partial charge in [-0.1, -0.05) is 13.8 Å². The lowest BCUT2D eigenvalue weighted by molar-refractivity contribution is 0.102. The molecule has 0 aliphatic heterocycles. The van der Waals surface area contributed by atoms with Crippen LogP contribution in [-0.2, 0) is 0 Å². The average molecular weight is 324 g/mol. The molecule has 24 heavy (non-hydrogen) atoms. The maximum absolute atomic E-state index is 12.3. The summed E-state index contributed by atoms with van der Waals surface area (Å²) in [6, 6.07) is 13.8. The summed E-state index contributed by atoms with van der Waals surface area (Å²) in [5.41, 5.74) is 1.63. The van der Waals surface area contributed by atoms with Gasteiger partial charge in [0.2, 0.25) is 0 Å². The molecule has 0 radical (unpaired) electrons. The van der Waals surface area contributed by atoms with Gasteiger partial charge >= 0.3 is 0 Å². The Morgan fingerprint density at radius 2 is 1.88 bits per heavy atom. The van der Waals surface area contributed by atoms with Crippen LogP contribution in [0, 0.1) is 17.2 Å². The van der Waals surface area contributed by atoms with Gasteiger partial charge in [0, 0.05) is 11.3 Å². The molecule has 2 aromatic rings. The van der Waals surface area contributed by atoms with Crippen LogP contribution >= 0.6 is 0 Å². The van der Waals surface area contributed by atoms with E-state index in [1.807, 2.05) is 6.07 Å². The Hall–Kier alpha value is -3.00. The van der Waals surface area contributed by atoms with Crippen LogP contribution in [-0.4, -0.2) is 19.6 Å². The predicted molar refractivity (Wildman–Crippen MR) is 92.4 cm³/mol. The van der Waals surface area contributed by atoms with Gasteiger partial charge in [0.05, 0.1) is 25.3 Å². The van der Waals surface area contributed by atoms with Crippen LogP contribution in [0.5, 0.6) is 11.5 Å². The van der Waals surface area contributed by atoms with Gasteiger partial charge in [-0.2, -0.15) is 5.26 Å². The van der Waals surface area contributed by atoms with Crippen molar-refractivity contribution in [1.29, 1.82) is 5.26 Å². The molecule has 0 unspecified atom stereocenters. The molecular formula is C19H20N2O3. The number of nitriles is 1. The van der Waals surface area contributed by atoms with Crippen LogP contribution < -0.4 is 14.8 Å². The van der Waals surface area contributed by atoms with Gasteiger partial charge in [0.15, 0.2) is 11.5 Å². The molecule has 0 aromatic heterocycles. The van der Waals surface area contributed by atoms with E-state index in [2.05, 4.69) is 19.2 Å². The molecule has 0 fully saturated rings. The molecule has 2 rings (SSSR count). The summed E-state index contributed by atoms with van der Waals surface area (Å²) in [7, 11) is 1.54. The summed E-state index contributed by atoms with van der Waals surface area (Å²) in [5, 5.41) is 11.6. The molecule has 2 aromatic carbocycles. The van der Waals surface area contributed by atoms with Gasteiger partial charge in [-0.15, -0.1) is 0 Å². The second-order valence-electron chi connectivity index (χ2n) is 5.71. The van der Waals surface area contributed by atoms with Crippen molar-refractivity contribution in [1.82, 2.24) is 0 Å². The van der Waals surface area contributed by atoms with Gasteiger partial charge in [-0.3, -0.25) is 4.79 Å². The third-order valence-electron chi connectivity index (χ3n) is 3.27. The first-order valence-electron chi connectivity index (χ1n) is 7.66. The number of methoxy groups -OCH3 is 1. The Morgan fingerprint density at radius 1 is 1.17 bits per heavy atom. The van der Waals surface area contributed by atoms with Crippen LogP contribution in [0.15, 0.2) is 42.5 Å². The zero-order valence-electron chi connectivity index (χ0n) is 14.0. The van der Waals surface area contributed by atoms with Crippen molar-refractivity contribution >= 4 is 11.6 Å². The summed E-state index contributed by atoms with van der Waals surface area (Å²) in [5.74, 6) is 1.27. The first-order valence-corrected chi connectivity index (χ1v) is 7.66. The van der Waals surface area contributed by atoms with Crippen LogP contribution in [0.3, 0.4) is 0 Å². The fourth-order valence-corrected chi connectivity index (χ4v) is 2.02. The first kappa shape index (κ1) is 17.4. The molecule has 0 saturated carbocycles. The molecule has 0 spiro atoms. The number of benzene rings is 2. The maximum atomic E-state index is 12.3. The van der Waals surface area contributed by atoms with Crippen molar-refractivity contribution < 1.29 is 14.3 Å². The average Bonchev–Trinajstić information content (AvgIpc) is 2.60. The Bertz CT molecular complexity index is 746. The van der Waals surface area contributed by atoms with E-state index in [1.54, 1.807) is 49.6 Å². The van der Waals surface area contributed by atoms with Crippen LogP contribution in [0.25, 0.3) is 0 Å². The van der Waals surface area contributed by atoms with E-state index >= 15 is 0 Å². The number of ether oxygens (including phenoxy) is 2. The normalized spacial score (nSPS) is 10.1. The minimum atomic E-state index is -0.256. The summed E-state index contributed by atoms with van der Waals surface area (Å²) < 4.78 is 11.0. The molecular weight excluding hydrogens is 304 g/mol. The van der Waals surface area contributed by atoms with Gasteiger partial charge < -0.3 is 14.8 Å². The number of rotatable bonds is 6. The smallest absolute Gasteiger partial charge is 0.255 e. The highest BCUT2D eigenvalue weighted by molar-refractivity contribution is 6.04. The van der Waals surface area contributed by atoms with E-state index in [9.17, 15) is 4.79 Å². The number of anilines is 1. The fourth-order valence-electron chi connectivity index (χ4n) is 2.02. The van der Waals surface area contributed by atoms with E-state index in [4.69, 9.17) is 14.7 Å². The highest BCUT2D eigenvalue weighted by Gasteiger charge is 2.12. The molecule has 0 aliphatic carbocycles. The number of carbonyl (C=O) groups excluding carboxylic acids is 1. The number of carbonyl (C=O) groups is 1. The monoisotopic (exact) mass is 324 g/mol. The fraction of sp³-hybridized carbons (Fsp3) is 0.263. The van der Waals surface area contributed by atoms with E-state index in [0.717, 1.165) is 0 Å². The quantitative estimate of drug-likeness (QED) is 0.876. The van der Waals surface area contributed by atoms with Crippen molar-refractivity contribution in [2.24, 2.45) is 5.92 Å². The third-order valence-corrected chi connectivity index (χ3v) is 3.27. The number of nitrogens with zero attached hydrogens (tertiary/aromatic N) is 1. The van der Waals surface area contributed by atoms with Crippen LogP contribution in [0.2, 0.25) is 0 Å². The summed E-state index contributed by atoms with van der Waals surface area (Å²) in [6.45, 7) is 4.70. The van der Waals surface area contributed by atoms with Gasteiger partial charge in [0.1, 0.15) is 0 Å². The highest BCUT2D eigenvalue weighted by Crippen LogP contribution is 2.28. The van der Waals surface area contributed by atoms with Crippen molar-refractivity contribution in [2.45, 2.75) is 13.8 Å². The largest absolute Gasteiger partial charge is 0.493 e. The molecule has 0 aliphatic rings. The number of hydrogen-bond acceptors (Lipinski definition) is 4. The van der Waals surface area contributed by atoms with E-state index < -0.39 is 0 Å². The van der Waals surface area contributed by atoms with E-state index in [-0.39, 0.29) is 5.91 Å². The zero-order chi connectivity index (χ0) is 17.5. The Kier molecular flexibility index (Phi) is 5.80. The molecule has 1 amide bonds. The van der Waals surface area contributed by atoms with E-state index in [0.29, 0.717) is 40.8 Å². The summed E-state index contributed by atoms with van der Waals surface area (Å²) in [4.78, 5) is 12.3. The lowest BCUT2D eigenvalue weighted by atomic mass is 10.1. The van der Waals surface area contributed by atoms with Gasteiger partial charge in [0.25, 0.3) is 5.91 Å². The molecule has 0 saturated heterocycles. The molecule has 5 nitrogen and oxygen atoms in total. The second-order valence-corrected chi connectivity index (χ2v) is 5.71. The summed E-state index contributed by atoms with van der Waals surface area (Å²) >= 11 is 0. The predicted octanol–water partition coefficient (Wildman–Crippen LogP) is 3.85. The maximum Gasteiger partial charge on any atom is 0.255 e. The Morgan fingerprint density at radius 3 is 2.46 bits per heavy atom. The standard InChI is InChI=1S/C19H20N2O3/c1-13(2)12-24-17-9-6-15(10-18(17)23-3)19(22)21-16-7-4-14(11-20)5-8-16/h4-10,13H,12H2,1-3H3,(H,21,22). The number of hydrogen-bond donors (Lipinski definition) is 1. The SMILES string of the molecule is COc1cc(C(=O)Nc2ccc(C#N)cc2)ccc1OCC(C)C. The lowest BCUT2D eigenvalue weighted by Gasteiger charge is -2.13. The topological polar surface area (TPSA) is 71.3 Å². The highest BCUT2D eigenvalue weighted by atomic mass is 16.5. The van der Waals surface area contributed by atoms with Crippen molar-refractivity contribution in [3.05, 3.63) is 53.6 Å². The molecule has 0 atom stereocenters. The van der Waals surface area contributed by atoms with Crippen molar-refractivity contribution in [3.63, 3.8) is 0 Å². The first-order chi connectivity index (χ1) is 11.5. The molecule has 5 heteroatoms. The number of nitrogens with one attached hydrogen (secondary N) is 1. The Balaban J connectivity index is 2.12. The zero-order valence-corrected chi connectivity index (χ0v) is 14.0. The Labute approximate surface area is 141 Å². The van der Waals surface area contributed by atoms with E-state index in [1.165, 1.54) is 0 Å².